The number of nitrogens with two attached hydrogens (primary N) is 2. The quantitative estimate of drug-likeness (QED) is 0.441. The van der Waals surface area contributed by atoms with Gasteiger partial charge in [-0.1, -0.05) is 29.8 Å². The van der Waals surface area contributed by atoms with Crippen LogP contribution in [0.2, 0.25) is 0 Å². The number of anilines is 1. The molecule has 0 bridgehead atoms. The molecule has 0 aromatic carbocycles. The molecule has 2 heterocycles. The highest BCUT2D eigenvalue weighted by molar-refractivity contribution is 6.29. The fourth-order valence-corrected chi connectivity index (χ4v) is 4.59. The molecule has 1 unspecified atom stereocenters. The first-order valence-corrected chi connectivity index (χ1v) is 12.1. The second-order valence-corrected chi connectivity index (χ2v) is 9.63. The predicted molar refractivity (Wildman–Crippen MR) is 136 cm³/mol. The Bertz CT molecular complexity index is 1330. The number of nitrogen functional groups attached to an aromatic ring is 1. The molecule has 38 heavy (non-hydrogen) atoms. The van der Waals surface area contributed by atoms with E-state index in [1.807, 2.05) is 0 Å². The molecule has 0 saturated carbocycles. The number of allylic oxidation sites excluding steroid dienone is 7. The van der Waals surface area contributed by atoms with Crippen molar-refractivity contribution in [3.63, 3.8) is 0 Å². The number of hydrogen-bond donors (Lipinski definition) is 3. The van der Waals surface area contributed by atoms with Gasteiger partial charge in [0, 0.05) is 23.0 Å². The third-order valence-corrected chi connectivity index (χ3v) is 6.51. The number of halogens is 4. The van der Waals surface area contributed by atoms with Gasteiger partial charge in [-0.25, -0.2) is 9.67 Å². The van der Waals surface area contributed by atoms with Crippen molar-refractivity contribution in [2.24, 2.45) is 17.6 Å². The molecule has 2 aromatic heterocycles. The van der Waals surface area contributed by atoms with Crippen molar-refractivity contribution in [1.82, 2.24) is 19.7 Å². The van der Waals surface area contributed by atoms with E-state index in [1.165, 1.54) is 22.9 Å². The maximum Gasteiger partial charge on any atom is 0.426 e. The summed E-state index contributed by atoms with van der Waals surface area (Å²) < 4.78 is 50.0. The van der Waals surface area contributed by atoms with Crippen molar-refractivity contribution in [3.8, 4) is 5.88 Å². The Kier molecular flexibility index (Phi) is 7.93. The summed E-state index contributed by atoms with van der Waals surface area (Å²) >= 11 is 6.14. The van der Waals surface area contributed by atoms with E-state index >= 15 is 0 Å². The lowest BCUT2D eigenvalue weighted by molar-refractivity contribution is -0.205. The number of aryl methyl sites for hydroxylation is 1. The Hall–Kier alpha value is -3.64. The molecule has 2 aromatic rings. The Morgan fingerprint density at radius 1 is 1.34 bits per heavy atom. The van der Waals surface area contributed by atoms with E-state index < -0.39 is 30.2 Å². The summed E-state index contributed by atoms with van der Waals surface area (Å²) in [7, 11) is 0. The van der Waals surface area contributed by atoms with E-state index in [-0.39, 0.29) is 47.0 Å². The van der Waals surface area contributed by atoms with Gasteiger partial charge in [-0.05, 0) is 55.9 Å². The molecule has 13 heteroatoms. The highest BCUT2D eigenvalue weighted by atomic mass is 35.5. The monoisotopic (exact) mass is 550 g/mol. The van der Waals surface area contributed by atoms with Crippen molar-refractivity contribution in [1.29, 1.82) is 0 Å². The van der Waals surface area contributed by atoms with Crippen LogP contribution in [0.3, 0.4) is 0 Å². The van der Waals surface area contributed by atoms with Gasteiger partial charge in [-0.3, -0.25) is 4.79 Å². The summed E-state index contributed by atoms with van der Waals surface area (Å²) in [6, 6.07) is 1.97. The van der Waals surface area contributed by atoms with Gasteiger partial charge in [0.05, 0.1) is 17.3 Å². The van der Waals surface area contributed by atoms with E-state index in [9.17, 15) is 18.0 Å². The number of carbonyl (C=O) groups is 1. The normalized spacial score (nSPS) is 21.3. The zero-order chi connectivity index (χ0) is 27.6. The van der Waals surface area contributed by atoms with Crippen LogP contribution in [0.5, 0.6) is 5.88 Å². The topological polar surface area (TPSA) is 142 Å². The third-order valence-electron chi connectivity index (χ3n) is 6.23. The molecule has 4 atom stereocenters. The smallest absolute Gasteiger partial charge is 0.426 e. The maximum absolute atomic E-state index is 14.4. The molecule has 2 aliphatic carbocycles. The SMILES string of the molecule is Cc1ccn(C2=CC=C(Cl)C[C@@H]2[C@@H](Oc2cc(C3=CCC(C[C@H](N)C(=O)O)C=C3)nc(N)n2)C(F)(F)F)n1. The highest BCUT2D eigenvalue weighted by Crippen LogP contribution is 2.41. The van der Waals surface area contributed by atoms with Crippen LogP contribution < -0.4 is 16.2 Å². The molecule has 0 spiro atoms. The summed E-state index contributed by atoms with van der Waals surface area (Å²) in [5, 5.41) is 13.5. The number of rotatable bonds is 8. The third kappa shape index (κ3) is 6.43. The van der Waals surface area contributed by atoms with Crippen LogP contribution in [0.1, 0.15) is 30.7 Å². The molecule has 0 fully saturated rings. The molecular formula is C25H26ClF3N6O3. The van der Waals surface area contributed by atoms with Gasteiger partial charge in [-0.2, -0.15) is 23.3 Å². The van der Waals surface area contributed by atoms with E-state index in [1.54, 1.807) is 37.4 Å². The van der Waals surface area contributed by atoms with Crippen LogP contribution in [-0.2, 0) is 4.79 Å². The average Bonchev–Trinajstić information content (AvgIpc) is 3.27. The van der Waals surface area contributed by atoms with E-state index in [4.69, 9.17) is 32.9 Å². The second-order valence-electron chi connectivity index (χ2n) is 9.14. The van der Waals surface area contributed by atoms with Crippen molar-refractivity contribution >= 4 is 34.8 Å². The van der Waals surface area contributed by atoms with Crippen LogP contribution in [0.25, 0.3) is 11.3 Å². The fourth-order valence-electron chi connectivity index (χ4n) is 4.36. The Labute approximate surface area is 221 Å². The molecule has 0 aliphatic heterocycles. The first-order chi connectivity index (χ1) is 17.9. The van der Waals surface area contributed by atoms with Gasteiger partial charge < -0.3 is 21.3 Å². The zero-order valence-electron chi connectivity index (χ0n) is 20.3. The van der Waals surface area contributed by atoms with Gasteiger partial charge >= 0.3 is 12.1 Å². The van der Waals surface area contributed by atoms with Crippen molar-refractivity contribution < 1.29 is 27.8 Å². The van der Waals surface area contributed by atoms with Crippen LogP contribution in [0.4, 0.5) is 19.1 Å². The molecule has 4 rings (SSSR count). The zero-order valence-corrected chi connectivity index (χ0v) is 21.0. The van der Waals surface area contributed by atoms with Gasteiger partial charge in [0.1, 0.15) is 6.04 Å². The fraction of sp³-hybridized carbons (Fsp3) is 0.360. The number of carboxylic acid groups (broad SMARTS) is 1. The number of ether oxygens (including phenoxy) is 1. The van der Waals surface area contributed by atoms with E-state index in [0.717, 1.165) is 0 Å². The Morgan fingerprint density at radius 3 is 2.71 bits per heavy atom. The number of aliphatic carboxylic acids is 1. The maximum atomic E-state index is 14.4. The standard InChI is InChI=1S/C25H26ClF3N6O3/c1-13-8-9-35(34-13)20-7-6-16(26)11-17(20)22(25(27,28)29)38-21-12-19(32-24(31)33-21)15-4-2-14(3-5-15)10-18(30)23(36)37/h2,4-9,12,14,17-18,22H,3,10-11,30H2,1H3,(H,36,37)(H2,31,32,33)/t14?,17-,18-,22+/m0/s1. The van der Waals surface area contributed by atoms with Crippen LogP contribution in [-0.4, -0.2) is 49.1 Å². The van der Waals surface area contributed by atoms with E-state index in [2.05, 4.69) is 15.1 Å². The van der Waals surface area contributed by atoms with Crippen molar-refractivity contribution in [2.75, 3.05) is 5.73 Å². The van der Waals surface area contributed by atoms with Crippen molar-refractivity contribution in [3.05, 3.63) is 65.1 Å². The summed E-state index contributed by atoms with van der Waals surface area (Å²) in [5.74, 6) is -3.01. The average molecular weight is 551 g/mol. The lowest BCUT2D eigenvalue weighted by Gasteiger charge is -2.32. The second kappa shape index (κ2) is 11.0. The first-order valence-electron chi connectivity index (χ1n) is 11.7. The predicted octanol–water partition coefficient (Wildman–Crippen LogP) is 4.32. The number of aromatic nitrogens is 4. The van der Waals surface area contributed by atoms with Gasteiger partial charge in [-0.15, -0.1) is 0 Å². The first kappa shape index (κ1) is 27.4. The number of carboxylic acids is 1. The lowest BCUT2D eigenvalue weighted by atomic mass is 9.90. The molecule has 0 saturated heterocycles. The Balaban J connectivity index is 1.59. The highest BCUT2D eigenvalue weighted by Gasteiger charge is 2.49. The minimum Gasteiger partial charge on any atom is -0.480 e. The van der Waals surface area contributed by atoms with Gasteiger partial charge in [0.25, 0.3) is 0 Å². The largest absolute Gasteiger partial charge is 0.480 e. The summed E-state index contributed by atoms with van der Waals surface area (Å²) in [4.78, 5) is 19.1. The Morgan fingerprint density at radius 2 is 2.11 bits per heavy atom. The summed E-state index contributed by atoms with van der Waals surface area (Å²) in [5.41, 5.74) is 13.2. The van der Waals surface area contributed by atoms with Gasteiger partial charge in [0.2, 0.25) is 17.9 Å². The molecular weight excluding hydrogens is 525 g/mol. The molecule has 9 nitrogen and oxygen atoms in total. The minimum atomic E-state index is -4.78. The number of hydrogen-bond acceptors (Lipinski definition) is 7. The van der Waals surface area contributed by atoms with Gasteiger partial charge in [0.15, 0.2) is 0 Å². The summed E-state index contributed by atoms with van der Waals surface area (Å²) in [6.07, 6.45) is 3.41. The minimum absolute atomic E-state index is 0.102. The lowest BCUT2D eigenvalue weighted by Crippen LogP contribution is -2.43. The molecule has 5 N–H and O–H groups in total. The van der Waals surface area contributed by atoms with E-state index in [0.29, 0.717) is 17.7 Å². The van der Waals surface area contributed by atoms with Crippen molar-refractivity contribution in [2.45, 2.75) is 44.5 Å². The molecule has 2 aliphatic rings. The van der Waals surface area contributed by atoms with Crippen LogP contribution in [0, 0.1) is 18.8 Å². The van der Waals surface area contributed by atoms with Crippen LogP contribution >= 0.6 is 11.6 Å². The molecule has 0 radical (unpaired) electrons. The molecule has 0 amide bonds. The number of alkyl halides is 3. The van der Waals surface area contributed by atoms with Crippen LogP contribution in [0.15, 0.2) is 53.7 Å². The molecule has 202 valence electrons. The number of nitrogens with zero attached hydrogens (tertiary/aromatic N) is 4. The summed E-state index contributed by atoms with van der Waals surface area (Å²) in [6.45, 7) is 1.73.